The second kappa shape index (κ2) is 7.73. The molecule has 0 spiro atoms. The molecule has 0 atom stereocenters. The SMILES string of the molecule is Cc1cc(-c2cccc(C(=O)O)c2)n2nc(SCc3ccc(Br)cc3)nc2n1. The minimum Gasteiger partial charge on any atom is -0.478 e. The van der Waals surface area contributed by atoms with Crippen LogP contribution in [0.1, 0.15) is 21.6 Å². The minimum absolute atomic E-state index is 0.227. The van der Waals surface area contributed by atoms with Gasteiger partial charge in [0, 0.05) is 21.5 Å². The summed E-state index contributed by atoms with van der Waals surface area (Å²) in [6.45, 7) is 1.88. The number of carbonyl (C=O) groups is 1. The van der Waals surface area contributed by atoms with Crippen molar-refractivity contribution in [3.05, 3.63) is 75.9 Å². The smallest absolute Gasteiger partial charge is 0.335 e. The van der Waals surface area contributed by atoms with Gasteiger partial charge < -0.3 is 5.11 Å². The van der Waals surface area contributed by atoms with Crippen LogP contribution in [-0.2, 0) is 5.75 Å². The Morgan fingerprint density at radius 3 is 2.68 bits per heavy atom. The van der Waals surface area contributed by atoms with Crippen LogP contribution in [0.15, 0.2) is 64.2 Å². The third kappa shape index (κ3) is 3.93. The highest BCUT2D eigenvalue weighted by Gasteiger charge is 2.13. The van der Waals surface area contributed by atoms with E-state index in [1.807, 2.05) is 31.2 Å². The molecule has 0 radical (unpaired) electrons. The summed E-state index contributed by atoms with van der Waals surface area (Å²) in [6, 6.07) is 16.8. The predicted octanol–water partition coefficient (Wildman–Crippen LogP) is 4.85. The molecule has 0 unspecified atom stereocenters. The average molecular weight is 455 g/mol. The molecule has 0 amide bonds. The van der Waals surface area contributed by atoms with Crippen LogP contribution in [0, 0.1) is 6.92 Å². The molecular formula is C20H15BrN4O2S. The molecule has 0 saturated heterocycles. The molecule has 1 N–H and O–H groups in total. The van der Waals surface area contributed by atoms with Crippen molar-refractivity contribution in [2.75, 3.05) is 0 Å². The Bertz CT molecular complexity index is 1170. The van der Waals surface area contributed by atoms with Gasteiger partial charge >= 0.3 is 5.97 Å². The van der Waals surface area contributed by atoms with Crippen LogP contribution in [0.25, 0.3) is 17.0 Å². The average Bonchev–Trinajstić information content (AvgIpc) is 3.09. The van der Waals surface area contributed by atoms with Gasteiger partial charge in [-0.1, -0.05) is 52.0 Å². The van der Waals surface area contributed by atoms with Crippen LogP contribution in [0.4, 0.5) is 0 Å². The molecular weight excluding hydrogens is 440 g/mol. The van der Waals surface area contributed by atoms with Crippen LogP contribution >= 0.6 is 27.7 Å². The molecule has 28 heavy (non-hydrogen) atoms. The van der Waals surface area contributed by atoms with Crippen LogP contribution < -0.4 is 0 Å². The molecule has 2 aromatic heterocycles. The molecule has 6 nitrogen and oxygen atoms in total. The van der Waals surface area contributed by atoms with E-state index in [1.54, 1.807) is 22.7 Å². The number of carboxylic acid groups (broad SMARTS) is 1. The third-order valence-electron chi connectivity index (χ3n) is 4.11. The van der Waals surface area contributed by atoms with Crippen molar-refractivity contribution < 1.29 is 9.90 Å². The highest BCUT2D eigenvalue weighted by atomic mass is 79.9. The molecule has 0 saturated carbocycles. The number of carboxylic acids is 1. The first-order chi connectivity index (χ1) is 13.5. The number of fused-ring (bicyclic) bond motifs is 1. The first-order valence-corrected chi connectivity index (χ1v) is 10.2. The molecule has 0 aliphatic heterocycles. The Morgan fingerprint density at radius 1 is 1.14 bits per heavy atom. The van der Waals surface area contributed by atoms with E-state index in [0.29, 0.717) is 10.9 Å². The van der Waals surface area contributed by atoms with Crippen molar-refractivity contribution in [1.29, 1.82) is 0 Å². The number of hydrogen-bond acceptors (Lipinski definition) is 5. The highest BCUT2D eigenvalue weighted by Crippen LogP contribution is 2.25. The van der Waals surface area contributed by atoms with Gasteiger partial charge in [0.2, 0.25) is 5.16 Å². The summed E-state index contributed by atoms with van der Waals surface area (Å²) >= 11 is 4.97. The lowest BCUT2D eigenvalue weighted by Crippen LogP contribution is -2.00. The maximum Gasteiger partial charge on any atom is 0.335 e. The predicted molar refractivity (Wildman–Crippen MR) is 112 cm³/mol. The number of rotatable bonds is 5. The van der Waals surface area contributed by atoms with E-state index in [4.69, 9.17) is 0 Å². The first kappa shape index (κ1) is 18.6. The molecule has 140 valence electrons. The van der Waals surface area contributed by atoms with E-state index in [-0.39, 0.29) is 5.56 Å². The van der Waals surface area contributed by atoms with E-state index in [0.717, 1.165) is 27.2 Å². The third-order valence-corrected chi connectivity index (χ3v) is 5.54. The van der Waals surface area contributed by atoms with Crippen molar-refractivity contribution in [1.82, 2.24) is 19.6 Å². The molecule has 4 aromatic rings. The molecule has 2 heterocycles. The van der Waals surface area contributed by atoms with E-state index in [9.17, 15) is 9.90 Å². The largest absolute Gasteiger partial charge is 0.478 e. The number of aryl methyl sites for hydroxylation is 1. The van der Waals surface area contributed by atoms with Crippen molar-refractivity contribution in [2.45, 2.75) is 17.8 Å². The second-order valence-electron chi connectivity index (χ2n) is 6.19. The molecule has 0 fully saturated rings. The quantitative estimate of drug-likeness (QED) is 0.434. The van der Waals surface area contributed by atoms with Crippen LogP contribution in [-0.4, -0.2) is 30.7 Å². The monoisotopic (exact) mass is 454 g/mol. The van der Waals surface area contributed by atoms with E-state index in [1.165, 1.54) is 17.3 Å². The Labute approximate surface area is 173 Å². The maximum absolute atomic E-state index is 11.3. The topological polar surface area (TPSA) is 80.4 Å². The minimum atomic E-state index is -0.965. The van der Waals surface area contributed by atoms with Gasteiger partial charge in [0.05, 0.1) is 11.3 Å². The van der Waals surface area contributed by atoms with E-state index >= 15 is 0 Å². The Morgan fingerprint density at radius 2 is 1.93 bits per heavy atom. The van der Waals surface area contributed by atoms with Gasteiger partial charge in [-0.3, -0.25) is 0 Å². The summed E-state index contributed by atoms with van der Waals surface area (Å²) < 4.78 is 2.71. The van der Waals surface area contributed by atoms with Gasteiger partial charge in [0.25, 0.3) is 5.78 Å². The van der Waals surface area contributed by atoms with E-state index in [2.05, 4.69) is 43.1 Å². The summed E-state index contributed by atoms with van der Waals surface area (Å²) in [7, 11) is 0. The first-order valence-electron chi connectivity index (χ1n) is 8.45. The highest BCUT2D eigenvalue weighted by molar-refractivity contribution is 9.10. The van der Waals surface area contributed by atoms with Crippen molar-refractivity contribution >= 4 is 39.4 Å². The number of thioether (sulfide) groups is 1. The summed E-state index contributed by atoms with van der Waals surface area (Å²) in [5, 5.41) is 14.5. The fourth-order valence-electron chi connectivity index (χ4n) is 2.78. The van der Waals surface area contributed by atoms with Gasteiger partial charge in [-0.15, -0.1) is 5.10 Å². The summed E-state index contributed by atoms with van der Waals surface area (Å²) in [4.78, 5) is 20.3. The normalized spacial score (nSPS) is 11.1. The molecule has 0 aliphatic rings. The van der Waals surface area contributed by atoms with Gasteiger partial charge in [-0.2, -0.15) is 9.50 Å². The van der Waals surface area contributed by atoms with Gasteiger partial charge in [-0.05, 0) is 42.8 Å². The number of aromatic nitrogens is 4. The zero-order valence-corrected chi connectivity index (χ0v) is 17.2. The van der Waals surface area contributed by atoms with Crippen LogP contribution in [0.3, 0.4) is 0 Å². The number of halogens is 1. The molecule has 8 heteroatoms. The molecule has 4 rings (SSSR count). The summed E-state index contributed by atoms with van der Waals surface area (Å²) in [5.41, 5.74) is 3.70. The summed E-state index contributed by atoms with van der Waals surface area (Å²) in [6.07, 6.45) is 0. The Kier molecular flexibility index (Phi) is 5.15. The number of nitrogens with zero attached hydrogens (tertiary/aromatic N) is 4. The Balaban J connectivity index is 1.69. The molecule has 2 aromatic carbocycles. The van der Waals surface area contributed by atoms with Crippen molar-refractivity contribution in [3.8, 4) is 11.3 Å². The van der Waals surface area contributed by atoms with Crippen molar-refractivity contribution in [2.24, 2.45) is 0 Å². The summed E-state index contributed by atoms with van der Waals surface area (Å²) in [5.74, 6) is 0.273. The van der Waals surface area contributed by atoms with Gasteiger partial charge in [0.15, 0.2) is 0 Å². The zero-order chi connectivity index (χ0) is 19.7. The lowest BCUT2D eigenvalue weighted by molar-refractivity contribution is 0.0697. The van der Waals surface area contributed by atoms with Crippen molar-refractivity contribution in [3.63, 3.8) is 0 Å². The van der Waals surface area contributed by atoms with Crippen LogP contribution in [0.2, 0.25) is 0 Å². The molecule has 0 bridgehead atoms. The lowest BCUT2D eigenvalue weighted by atomic mass is 10.1. The fourth-order valence-corrected chi connectivity index (χ4v) is 3.81. The van der Waals surface area contributed by atoms with Crippen LogP contribution in [0.5, 0.6) is 0 Å². The van der Waals surface area contributed by atoms with Gasteiger partial charge in [0.1, 0.15) is 0 Å². The second-order valence-corrected chi connectivity index (χ2v) is 8.05. The standard InChI is InChI=1S/C20H15BrN4O2S/c1-12-9-17(14-3-2-4-15(10-14)18(26)27)25-19(22-12)23-20(24-25)28-11-13-5-7-16(21)8-6-13/h2-10H,11H2,1H3,(H,26,27). The van der Waals surface area contributed by atoms with Gasteiger partial charge in [-0.25, -0.2) is 9.78 Å². The number of hydrogen-bond donors (Lipinski definition) is 1. The maximum atomic E-state index is 11.3. The fraction of sp³-hybridized carbons (Fsp3) is 0.100. The molecule has 0 aliphatic carbocycles. The lowest BCUT2D eigenvalue weighted by Gasteiger charge is -2.06. The van der Waals surface area contributed by atoms with E-state index < -0.39 is 5.97 Å². The number of benzene rings is 2. The number of aromatic carboxylic acids is 1. The zero-order valence-electron chi connectivity index (χ0n) is 14.8. The Hall–Kier alpha value is -2.71.